The van der Waals surface area contributed by atoms with Crippen molar-refractivity contribution >= 4 is 40.7 Å². The zero-order valence-electron chi connectivity index (χ0n) is 40.6. The number of carbonyl (C=O) groups is 3. The van der Waals surface area contributed by atoms with Gasteiger partial charge in [-0.05, 0) is 136 Å². The van der Waals surface area contributed by atoms with Gasteiger partial charge in [0.25, 0.3) is 0 Å². The second kappa shape index (κ2) is 18.1. The molecule has 2 saturated carbocycles. The lowest BCUT2D eigenvalue weighted by molar-refractivity contribution is -0.134. The molecule has 70 heavy (non-hydrogen) atoms. The van der Waals surface area contributed by atoms with Crippen molar-refractivity contribution in [3.8, 4) is 28.5 Å². The van der Waals surface area contributed by atoms with Gasteiger partial charge < -0.3 is 44.8 Å². The number of nitrogens with zero attached hydrogens (tertiary/aromatic N) is 7. The van der Waals surface area contributed by atoms with Crippen molar-refractivity contribution in [3.63, 3.8) is 0 Å². The number of amides is 4. The van der Waals surface area contributed by atoms with Crippen LogP contribution in [0.25, 0.3) is 11.3 Å². The Labute approximate surface area is 409 Å². The summed E-state index contributed by atoms with van der Waals surface area (Å²) < 4.78 is 28.8. The van der Waals surface area contributed by atoms with Crippen LogP contribution in [0.5, 0.6) is 17.2 Å². The summed E-state index contributed by atoms with van der Waals surface area (Å²) in [5, 5.41) is 21.6. The van der Waals surface area contributed by atoms with Crippen LogP contribution in [0.3, 0.4) is 0 Å². The zero-order valence-corrected chi connectivity index (χ0v) is 40.6. The Morgan fingerprint density at radius 3 is 2.40 bits per heavy atom. The van der Waals surface area contributed by atoms with Crippen LogP contribution in [-0.2, 0) is 15.0 Å². The molecule has 5 aliphatic heterocycles. The van der Waals surface area contributed by atoms with Crippen molar-refractivity contribution in [2.75, 3.05) is 73.3 Å². The molecule has 11 rings (SSSR count). The first kappa shape index (κ1) is 46.1. The second-order valence-corrected chi connectivity index (χ2v) is 21.8. The maximum atomic E-state index is 15.6. The lowest BCUT2D eigenvalue weighted by Crippen LogP contribution is -2.58. The molecule has 5 atom stereocenters. The summed E-state index contributed by atoms with van der Waals surface area (Å²) in [5.41, 5.74) is 10.8. The third-order valence-corrected chi connectivity index (χ3v) is 17.0. The first-order valence-electron chi connectivity index (χ1n) is 25.6. The fourth-order valence-corrected chi connectivity index (χ4v) is 13.4. The molecule has 4 N–H and O–H groups in total. The highest BCUT2D eigenvalue weighted by atomic mass is 19.1. The molecule has 0 spiro atoms. The quantitative estimate of drug-likeness (QED) is 0.149. The summed E-state index contributed by atoms with van der Waals surface area (Å²) in [6, 6.07) is 20.2. The average Bonchev–Trinajstić information content (AvgIpc) is 3.66. The van der Waals surface area contributed by atoms with Gasteiger partial charge in [-0.3, -0.25) is 14.9 Å². The van der Waals surface area contributed by atoms with Crippen molar-refractivity contribution in [2.24, 2.45) is 17.8 Å². The van der Waals surface area contributed by atoms with Crippen molar-refractivity contribution in [2.45, 2.75) is 114 Å². The minimum atomic E-state index is -0.548. The molecule has 2 bridgehead atoms. The van der Waals surface area contributed by atoms with Gasteiger partial charge in [0.2, 0.25) is 11.8 Å². The van der Waals surface area contributed by atoms with Gasteiger partial charge in [0.1, 0.15) is 35.1 Å². The fraction of sp³-hybridized carbons (Fsp3) is 0.537. The SMILES string of the molecule is CN(C(=O)N1CCC(Oc2cc(F)cc(C34C[C@H]5CCN(c6cc(-c7ccccc7O)nnc6N)CC[C@@H](C3)C4C5)c2)CC1)C1CCN(c2cccc3c2OC(C)(C)CN3C2CCC(=O)NC2=O)CC1. The molecule has 3 aromatic carbocycles. The van der Waals surface area contributed by atoms with Gasteiger partial charge in [-0.25, -0.2) is 9.18 Å². The number of benzene rings is 3. The summed E-state index contributed by atoms with van der Waals surface area (Å²) in [5.74, 6) is 2.65. The average molecular weight is 956 g/mol. The molecule has 15 nitrogen and oxygen atoms in total. The van der Waals surface area contributed by atoms with Crippen LogP contribution >= 0.6 is 0 Å². The fourth-order valence-electron chi connectivity index (χ4n) is 13.4. The monoisotopic (exact) mass is 956 g/mol. The van der Waals surface area contributed by atoms with Gasteiger partial charge in [0.15, 0.2) is 11.6 Å². The number of aromatic hydroxyl groups is 1. The summed E-state index contributed by atoms with van der Waals surface area (Å²) in [6.07, 6.45) is 8.82. The van der Waals surface area contributed by atoms with Gasteiger partial charge in [0, 0.05) is 83.3 Å². The maximum absolute atomic E-state index is 15.6. The molecule has 0 radical (unpaired) electrons. The van der Waals surface area contributed by atoms with Crippen LogP contribution in [0.1, 0.15) is 90.0 Å². The largest absolute Gasteiger partial charge is 0.507 e. The van der Waals surface area contributed by atoms with E-state index in [0.29, 0.717) is 85.9 Å². The number of ether oxygens (including phenoxy) is 2. The van der Waals surface area contributed by atoms with Crippen molar-refractivity contribution in [3.05, 3.63) is 78.1 Å². The molecule has 4 aromatic rings. The standard InChI is InChI=1S/C54H66FN9O6/c1-53(2)32-64(45-11-12-48(66)57-51(45)67)44-9-6-8-43(49(44)70-53)61-21-15-37(16-22-61)60(3)52(68)63-23-17-38(18-24-63)69-39-27-35(26-36(55)28-39)54-30-33-13-19-62(20-14-34(31-54)41(54)25-33)46-29-42(58-59-50(46)56)40-7-4-5-10-47(40)65/h4-10,26-29,33-34,37-38,41,45,65H,11-25,30-32H2,1-3H3,(H2,56,59)(H,57,66,67)/t33-,34-,41?,45?,54?/m0/s1. The number of aromatic nitrogens is 2. The smallest absolute Gasteiger partial charge is 0.319 e. The molecule has 370 valence electrons. The predicted octanol–water partition coefficient (Wildman–Crippen LogP) is 7.50. The highest BCUT2D eigenvalue weighted by molar-refractivity contribution is 6.02. The molecule has 4 saturated heterocycles. The van der Waals surface area contributed by atoms with E-state index in [2.05, 4.69) is 42.3 Å². The van der Waals surface area contributed by atoms with Crippen LogP contribution in [0.2, 0.25) is 0 Å². The van der Waals surface area contributed by atoms with Gasteiger partial charge in [0.05, 0.1) is 29.3 Å². The number of urea groups is 1. The summed E-state index contributed by atoms with van der Waals surface area (Å²) in [7, 11) is 1.92. The molecule has 4 amide bonds. The van der Waals surface area contributed by atoms with E-state index in [0.717, 1.165) is 99.5 Å². The van der Waals surface area contributed by atoms with Crippen molar-refractivity contribution < 1.29 is 33.4 Å². The first-order chi connectivity index (χ1) is 33.7. The Balaban J connectivity index is 0.685. The third-order valence-electron chi connectivity index (χ3n) is 17.0. The van der Waals surface area contributed by atoms with Crippen LogP contribution in [0, 0.1) is 23.6 Å². The Hall–Kier alpha value is -6.32. The molecular weight excluding hydrogens is 890 g/mol. The van der Waals surface area contributed by atoms with Crippen molar-refractivity contribution in [1.29, 1.82) is 0 Å². The van der Waals surface area contributed by atoms with Gasteiger partial charge in [-0.15, -0.1) is 10.2 Å². The Kier molecular flexibility index (Phi) is 11.9. The number of phenols is 1. The summed E-state index contributed by atoms with van der Waals surface area (Å²) >= 11 is 0. The van der Waals surface area contributed by atoms with E-state index in [1.54, 1.807) is 18.2 Å². The Bertz CT molecular complexity index is 2660. The number of imide groups is 1. The first-order valence-corrected chi connectivity index (χ1v) is 25.6. The number of rotatable bonds is 8. The van der Waals surface area contributed by atoms with Crippen LogP contribution < -0.4 is 35.2 Å². The summed E-state index contributed by atoms with van der Waals surface area (Å²) in [6.45, 7) is 8.91. The number of fused-ring (bicyclic) bond motifs is 2. The molecular formula is C54H66FN9O6. The van der Waals surface area contributed by atoms with Gasteiger partial charge in [-0.2, -0.15) is 0 Å². The van der Waals surface area contributed by atoms with E-state index >= 15 is 4.39 Å². The third kappa shape index (κ3) is 8.58. The number of hydrogen-bond acceptors (Lipinski definition) is 12. The van der Waals surface area contributed by atoms with E-state index < -0.39 is 11.6 Å². The molecule has 1 aromatic heterocycles. The minimum Gasteiger partial charge on any atom is -0.507 e. The van der Waals surface area contributed by atoms with E-state index in [1.165, 1.54) is 6.07 Å². The van der Waals surface area contributed by atoms with Crippen LogP contribution in [0.15, 0.2) is 66.7 Å². The Morgan fingerprint density at radius 2 is 1.61 bits per heavy atom. The second-order valence-electron chi connectivity index (χ2n) is 21.8. The number of piperidine rings is 3. The number of hydrogen-bond donors (Lipinski definition) is 3. The lowest BCUT2D eigenvalue weighted by atomic mass is 9.52. The van der Waals surface area contributed by atoms with E-state index in [1.807, 2.05) is 61.0 Å². The number of likely N-dealkylation sites (tertiary alicyclic amines) is 1. The molecule has 2 aliphatic carbocycles. The lowest BCUT2D eigenvalue weighted by Gasteiger charge is -2.53. The van der Waals surface area contributed by atoms with Crippen LogP contribution in [0.4, 0.5) is 32.1 Å². The summed E-state index contributed by atoms with van der Waals surface area (Å²) in [4.78, 5) is 49.5. The topological polar surface area (TPSA) is 170 Å². The number of phenolic OH excluding ortho intramolecular Hbond substituents is 1. The molecule has 6 heterocycles. The molecule has 6 fully saturated rings. The number of anilines is 4. The number of nitrogens with one attached hydrogen (secondary N) is 1. The number of nitrogen functional groups attached to an aromatic ring is 1. The molecule has 3 unspecified atom stereocenters. The van der Waals surface area contributed by atoms with Crippen molar-refractivity contribution in [1.82, 2.24) is 25.3 Å². The number of carbonyl (C=O) groups excluding carboxylic acids is 3. The maximum Gasteiger partial charge on any atom is 0.319 e. The normalized spacial score (nSPS) is 26.8. The highest BCUT2D eigenvalue weighted by Crippen LogP contribution is 2.65. The van der Waals surface area contributed by atoms with Gasteiger partial charge >= 0.3 is 6.03 Å². The number of nitrogens with two attached hydrogens (primary N) is 1. The van der Waals surface area contributed by atoms with E-state index in [4.69, 9.17) is 15.2 Å². The molecule has 7 aliphatic rings. The minimum absolute atomic E-state index is 0.0295. The van der Waals surface area contributed by atoms with Crippen LogP contribution in [-0.4, -0.2) is 120 Å². The van der Waals surface area contributed by atoms with Gasteiger partial charge in [-0.1, -0.05) is 18.2 Å². The van der Waals surface area contributed by atoms with E-state index in [9.17, 15) is 19.5 Å². The highest BCUT2D eigenvalue weighted by Gasteiger charge is 2.59. The van der Waals surface area contributed by atoms with E-state index in [-0.39, 0.29) is 47.0 Å². The Morgan fingerprint density at radius 1 is 0.871 bits per heavy atom. The predicted molar refractivity (Wildman–Crippen MR) is 266 cm³/mol. The number of para-hydroxylation sites is 2. The zero-order chi connectivity index (χ0) is 48.5. The number of halogens is 1. The molecule has 16 heteroatoms.